The lowest BCUT2D eigenvalue weighted by Crippen LogP contribution is -2.29. The fraction of sp³-hybridized carbons (Fsp3) is 0.643. The number of unbranched alkanes of at least 4 members (excludes halogenated alkanes) is 30. The highest BCUT2D eigenvalue weighted by Gasteiger charge is 2.17. The lowest BCUT2D eigenvalue weighted by atomic mass is 10.0. The SMILES string of the molecule is CCCCCCCCCCCCCCCCCCN1C=C(C=Cc2ccccc2)N(CCCCCCCCCCCCCCCCCC)C=C1C=Cc1ccccc1. The molecule has 0 radical (unpaired) electrons. The van der Waals surface area contributed by atoms with Crippen LogP contribution in [-0.2, 0) is 0 Å². The first kappa shape index (κ1) is 49.4. The number of benzene rings is 2. The van der Waals surface area contributed by atoms with Gasteiger partial charge in [-0.3, -0.25) is 0 Å². The average molecular weight is 791 g/mol. The van der Waals surface area contributed by atoms with Crippen molar-refractivity contribution in [2.45, 2.75) is 219 Å². The van der Waals surface area contributed by atoms with Crippen molar-refractivity contribution in [3.05, 3.63) is 108 Å². The molecule has 0 fully saturated rings. The van der Waals surface area contributed by atoms with Crippen LogP contribution in [0.25, 0.3) is 12.2 Å². The Bertz CT molecular complexity index is 1220. The van der Waals surface area contributed by atoms with Crippen LogP contribution in [0.4, 0.5) is 0 Å². The zero-order valence-electron chi connectivity index (χ0n) is 38.2. The highest BCUT2D eigenvalue weighted by atomic mass is 15.2. The highest BCUT2D eigenvalue weighted by Crippen LogP contribution is 2.25. The summed E-state index contributed by atoms with van der Waals surface area (Å²) in [6.45, 7) is 6.75. The molecule has 0 spiro atoms. The maximum absolute atomic E-state index is 2.53. The van der Waals surface area contributed by atoms with E-state index >= 15 is 0 Å². The van der Waals surface area contributed by atoms with E-state index in [1.165, 1.54) is 228 Å². The second-order valence-electron chi connectivity index (χ2n) is 17.6. The van der Waals surface area contributed by atoms with Gasteiger partial charge in [-0.25, -0.2) is 0 Å². The Balaban J connectivity index is 1.43. The van der Waals surface area contributed by atoms with Gasteiger partial charge in [-0.05, 0) is 36.1 Å². The third-order valence-corrected chi connectivity index (χ3v) is 12.2. The van der Waals surface area contributed by atoms with Gasteiger partial charge in [0.2, 0.25) is 0 Å². The summed E-state index contributed by atoms with van der Waals surface area (Å²) in [5.74, 6) is 0. The first-order valence-corrected chi connectivity index (χ1v) is 25.2. The monoisotopic (exact) mass is 791 g/mol. The van der Waals surface area contributed by atoms with Crippen LogP contribution >= 0.6 is 0 Å². The van der Waals surface area contributed by atoms with Gasteiger partial charge in [-0.1, -0.05) is 279 Å². The Hall–Kier alpha value is -3.00. The number of hydrogen-bond donors (Lipinski definition) is 0. The van der Waals surface area contributed by atoms with Gasteiger partial charge in [-0.2, -0.15) is 0 Å². The molecule has 3 rings (SSSR count). The van der Waals surface area contributed by atoms with Crippen molar-refractivity contribution in [1.29, 1.82) is 0 Å². The Morgan fingerprint density at radius 3 is 0.793 bits per heavy atom. The molecule has 2 nitrogen and oxygen atoms in total. The van der Waals surface area contributed by atoms with Crippen molar-refractivity contribution in [3.8, 4) is 0 Å². The Morgan fingerprint density at radius 1 is 0.293 bits per heavy atom. The fourth-order valence-corrected chi connectivity index (χ4v) is 8.43. The first-order valence-electron chi connectivity index (χ1n) is 25.2. The standard InChI is InChI=1S/C56H90N2/c1-3-5-7-9-11-13-15-17-19-21-23-25-27-29-31-39-49-57-51-56(48-46-54-43-37-34-38-44-54)58(52-55(57)47-45-53-41-35-33-36-42-53)50-40-32-30-28-26-24-22-20-18-16-14-12-10-8-6-4-2/h33-38,41-48,51-52H,3-32,39-40,49-50H2,1-2H3. The van der Waals surface area contributed by atoms with Gasteiger partial charge in [-0.15, -0.1) is 0 Å². The van der Waals surface area contributed by atoms with Crippen LogP contribution in [0.15, 0.2) is 96.6 Å². The Morgan fingerprint density at radius 2 is 0.534 bits per heavy atom. The molecule has 324 valence electrons. The molecule has 58 heavy (non-hydrogen) atoms. The van der Waals surface area contributed by atoms with Crippen LogP contribution in [0, 0.1) is 0 Å². The van der Waals surface area contributed by atoms with Gasteiger partial charge in [0.25, 0.3) is 0 Å². The number of hydrogen-bond acceptors (Lipinski definition) is 2. The van der Waals surface area contributed by atoms with E-state index in [4.69, 9.17) is 0 Å². The van der Waals surface area contributed by atoms with Gasteiger partial charge in [0.15, 0.2) is 0 Å². The molecule has 0 aromatic heterocycles. The van der Waals surface area contributed by atoms with E-state index in [1.807, 2.05) is 0 Å². The molecule has 2 aromatic rings. The lowest BCUT2D eigenvalue weighted by molar-refractivity contribution is 0.367. The minimum atomic E-state index is 1.07. The van der Waals surface area contributed by atoms with Crippen LogP contribution in [0.2, 0.25) is 0 Å². The molecule has 1 aliphatic rings. The topological polar surface area (TPSA) is 6.48 Å². The molecule has 0 bridgehead atoms. The first-order chi connectivity index (χ1) is 28.8. The van der Waals surface area contributed by atoms with Gasteiger partial charge in [0.05, 0.1) is 11.4 Å². The largest absolute Gasteiger partial charge is 0.345 e. The third-order valence-electron chi connectivity index (χ3n) is 12.2. The van der Waals surface area contributed by atoms with Crippen molar-refractivity contribution in [2.75, 3.05) is 13.1 Å². The maximum Gasteiger partial charge on any atom is 0.0572 e. The molecule has 1 aliphatic heterocycles. The minimum absolute atomic E-state index is 1.07. The molecule has 1 heterocycles. The van der Waals surface area contributed by atoms with Gasteiger partial charge < -0.3 is 9.80 Å². The van der Waals surface area contributed by atoms with Crippen LogP contribution in [0.5, 0.6) is 0 Å². The summed E-state index contributed by atoms with van der Waals surface area (Å²) in [6.07, 6.45) is 59.1. The van der Waals surface area contributed by atoms with Gasteiger partial charge in [0, 0.05) is 25.5 Å². The molecule has 0 aliphatic carbocycles. The van der Waals surface area contributed by atoms with Crippen molar-refractivity contribution in [1.82, 2.24) is 9.80 Å². The lowest BCUT2D eigenvalue weighted by Gasteiger charge is -2.33. The summed E-state index contributed by atoms with van der Waals surface area (Å²) in [5, 5.41) is 0. The van der Waals surface area contributed by atoms with E-state index in [-0.39, 0.29) is 0 Å². The Labute approximate surface area is 360 Å². The number of rotatable bonds is 38. The summed E-state index contributed by atoms with van der Waals surface area (Å²) < 4.78 is 0. The molecule has 0 atom stereocenters. The summed E-state index contributed by atoms with van der Waals surface area (Å²) in [5.41, 5.74) is 5.12. The van der Waals surface area contributed by atoms with E-state index in [1.54, 1.807) is 0 Å². The molecular weight excluding hydrogens is 701 g/mol. The van der Waals surface area contributed by atoms with Gasteiger partial charge >= 0.3 is 0 Å². The molecule has 0 amide bonds. The number of allylic oxidation sites excluding steroid dienone is 2. The van der Waals surface area contributed by atoms with E-state index < -0.39 is 0 Å². The second kappa shape index (κ2) is 35.9. The molecular formula is C56H90N2. The predicted molar refractivity (Wildman–Crippen MR) is 260 cm³/mol. The second-order valence-corrected chi connectivity index (χ2v) is 17.6. The van der Waals surface area contributed by atoms with Crippen LogP contribution < -0.4 is 0 Å². The smallest absolute Gasteiger partial charge is 0.0572 e. The molecule has 0 unspecified atom stereocenters. The average Bonchev–Trinajstić information content (AvgIpc) is 3.25. The van der Waals surface area contributed by atoms with Gasteiger partial charge in [0.1, 0.15) is 0 Å². The van der Waals surface area contributed by atoms with Crippen LogP contribution in [0.3, 0.4) is 0 Å². The number of nitrogens with zero attached hydrogens (tertiary/aromatic N) is 2. The quantitative estimate of drug-likeness (QED) is 0.0625. The van der Waals surface area contributed by atoms with Crippen molar-refractivity contribution in [2.24, 2.45) is 0 Å². The van der Waals surface area contributed by atoms with Crippen molar-refractivity contribution in [3.63, 3.8) is 0 Å². The summed E-state index contributed by atoms with van der Waals surface area (Å²) >= 11 is 0. The van der Waals surface area contributed by atoms with E-state index in [0.29, 0.717) is 0 Å². The summed E-state index contributed by atoms with van der Waals surface area (Å²) in [6, 6.07) is 21.6. The van der Waals surface area contributed by atoms with Crippen molar-refractivity contribution < 1.29 is 0 Å². The maximum atomic E-state index is 2.53. The zero-order valence-corrected chi connectivity index (χ0v) is 38.2. The van der Waals surface area contributed by atoms with Crippen LogP contribution in [0.1, 0.15) is 230 Å². The zero-order chi connectivity index (χ0) is 40.8. The molecule has 0 saturated heterocycles. The molecule has 0 N–H and O–H groups in total. The highest BCUT2D eigenvalue weighted by molar-refractivity contribution is 5.55. The van der Waals surface area contributed by atoms with Crippen molar-refractivity contribution >= 4 is 12.2 Å². The van der Waals surface area contributed by atoms with E-state index in [0.717, 1.165) is 13.1 Å². The molecule has 2 heteroatoms. The normalized spacial score (nSPS) is 13.3. The Kier molecular flexibility index (Phi) is 30.6. The predicted octanol–water partition coefficient (Wildman–Crippen LogP) is 18.2. The van der Waals surface area contributed by atoms with Crippen LogP contribution in [-0.4, -0.2) is 22.9 Å². The summed E-state index contributed by atoms with van der Waals surface area (Å²) in [7, 11) is 0. The molecule has 2 aromatic carbocycles. The minimum Gasteiger partial charge on any atom is -0.345 e. The fourth-order valence-electron chi connectivity index (χ4n) is 8.43. The van der Waals surface area contributed by atoms with E-state index in [9.17, 15) is 0 Å². The van der Waals surface area contributed by atoms with E-state index in [2.05, 4.69) is 121 Å². The third kappa shape index (κ3) is 25.5. The molecule has 0 saturated carbocycles. The summed E-state index contributed by atoms with van der Waals surface area (Å²) in [4.78, 5) is 5.05.